The minimum Gasteiger partial charge on any atom is -0.480 e. The van der Waals surface area contributed by atoms with E-state index in [2.05, 4.69) is 0 Å². The Morgan fingerprint density at radius 3 is 2.12 bits per heavy atom. The Morgan fingerprint density at radius 1 is 1.12 bits per heavy atom. The van der Waals surface area contributed by atoms with Crippen LogP contribution in [-0.4, -0.2) is 51.0 Å². The van der Waals surface area contributed by atoms with Crippen molar-refractivity contribution in [3.63, 3.8) is 0 Å². The lowest BCUT2D eigenvalue weighted by molar-refractivity contribution is -0.146. The summed E-state index contributed by atoms with van der Waals surface area (Å²) in [5.74, 6) is -1.56. The highest BCUT2D eigenvalue weighted by Gasteiger charge is 2.41. The summed E-state index contributed by atoms with van der Waals surface area (Å²) in [6, 6.07) is 6.84. The number of carbonyl (C=O) groups excluding carboxylic acids is 2. The second kappa shape index (κ2) is 8.48. The van der Waals surface area contributed by atoms with Crippen molar-refractivity contribution in [3.8, 4) is 0 Å². The van der Waals surface area contributed by atoms with Gasteiger partial charge in [0.2, 0.25) is 0 Å². The van der Waals surface area contributed by atoms with Crippen LogP contribution in [0.4, 0.5) is 9.59 Å². The van der Waals surface area contributed by atoms with E-state index in [1.54, 1.807) is 51.1 Å². The van der Waals surface area contributed by atoms with Crippen LogP contribution in [0, 0.1) is 0 Å². The number of carboxylic acids is 1. The molecule has 0 saturated carbocycles. The van der Waals surface area contributed by atoms with E-state index in [9.17, 15) is 24.6 Å². The number of aliphatic carboxylic acids is 1. The predicted octanol–water partition coefficient (Wildman–Crippen LogP) is 2.39. The van der Waals surface area contributed by atoms with Crippen molar-refractivity contribution in [1.82, 2.24) is 4.90 Å². The van der Waals surface area contributed by atoms with Crippen molar-refractivity contribution in [2.45, 2.75) is 52.0 Å². The summed E-state index contributed by atoms with van der Waals surface area (Å²) in [6.07, 6.45) is -3.94. The maximum atomic E-state index is 12.3. The number of carboxylic acid groups (broad SMARTS) is 1. The molecule has 0 saturated heterocycles. The van der Waals surface area contributed by atoms with Gasteiger partial charge in [-0.25, -0.2) is 14.4 Å². The van der Waals surface area contributed by atoms with Gasteiger partial charge < -0.3 is 19.7 Å². The first-order valence-electron chi connectivity index (χ1n) is 7.66. The molecule has 2 N–H and O–H groups in total. The molecule has 25 heavy (non-hydrogen) atoms. The molecule has 138 valence electrons. The second-order valence-electron chi connectivity index (χ2n) is 6.41. The fourth-order valence-electron chi connectivity index (χ4n) is 1.93. The average molecular weight is 353 g/mol. The fraction of sp³-hybridized carbons (Fsp3) is 0.471. The van der Waals surface area contributed by atoms with Crippen LogP contribution < -0.4 is 0 Å². The SMILES string of the molecule is C[C@@H](O)[C@@H](C(=O)O)N(C(=O)OCc1ccccc1)C(=O)OC(C)(C)C. The quantitative estimate of drug-likeness (QED) is 0.835. The molecule has 1 rings (SSSR count). The molecule has 1 aromatic rings. The number of ether oxygens (including phenoxy) is 2. The summed E-state index contributed by atoms with van der Waals surface area (Å²) in [4.78, 5) is 36.3. The van der Waals surface area contributed by atoms with Crippen molar-refractivity contribution < 1.29 is 34.1 Å². The lowest BCUT2D eigenvalue weighted by Gasteiger charge is -2.30. The minimum absolute atomic E-state index is 0.162. The Bertz CT molecular complexity index is 607. The third-order valence-electron chi connectivity index (χ3n) is 2.98. The monoisotopic (exact) mass is 353 g/mol. The van der Waals surface area contributed by atoms with Gasteiger partial charge in [-0.3, -0.25) is 0 Å². The largest absolute Gasteiger partial charge is 0.480 e. The highest BCUT2D eigenvalue weighted by atomic mass is 16.6. The smallest absolute Gasteiger partial charge is 0.420 e. The van der Waals surface area contributed by atoms with Gasteiger partial charge >= 0.3 is 18.2 Å². The van der Waals surface area contributed by atoms with Crippen molar-refractivity contribution >= 4 is 18.2 Å². The molecule has 8 heteroatoms. The fourth-order valence-corrected chi connectivity index (χ4v) is 1.93. The first kappa shape index (κ1) is 20.4. The number of benzene rings is 1. The van der Waals surface area contributed by atoms with Crippen LogP contribution in [0.15, 0.2) is 30.3 Å². The number of amides is 2. The van der Waals surface area contributed by atoms with Gasteiger partial charge in [0, 0.05) is 0 Å². The minimum atomic E-state index is -1.84. The van der Waals surface area contributed by atoms with Gasteiger partial charge in [-0.1, -0.05) is 30.3 Å². The maximum Gasteiger partial charge on any atom is 0.420 e. The summed E-state index contributed by atoms with van der Waals surface area (Å²) >= 11 is 0. The number of rotatable bonds is 5. The predicted molar refractivity (Wildman–Crippen MR) is 87.8 cm³/mol. The molecule has 0 fully saturated rings. The molecule has 1 aromatic carbocycles. The zero-order valence-electron chi connectivity index (χ0n) is 14.6. The number of carbonyl (C=O) groups is 3. The number of aliphatic hydroxyl groups excluding tert-OH is 1. The molecule has 0 radical (unpaired) electrons. The molecule has 0 bridgehead atoms. The molecule has 0 aliphatic carbocycles. The summed E-state index contributed by atoms with van der Waals surface area (Å²) in [7, 11) is 0. The van der Waals surface area contributed by atoms with Crippen LogP contribution in [-0.2, 0) is 20.9 Å². The van der Waals surface area contributed by atoms with E-state index in [-0.39, 0.29) is 11.5 Å². The molecule has 0 spiro atoms. The Morgan fingerprint density at radius 2 is 1.68 bits per heavy atom. The molecular formula is C17H23NO7. The zero-order valence-corrected chi connectivity index (χ0v) is 14.6. The van der Waals surface area contributed by atoms with Gasteiger partial charge in [-0.15, -0.1) is 0 Å². The molecule has 0 aliphatic rings. The molecule has 0 aliphatic heterocycles. The van der Waals surface area contributed by atoms with Crippen LogP contribution >= 0.6 is 0 Å². The molecular weight excluding hydrogens is 330 g/mol. The van der Waals surface area contributed by atoms with E-state index >= 15 is 0 Å². The highest BCUT2D eigenvalue weighted by Crippen LogP contribution is 2.16. The molecule has 8 nitrogen and oxygen atoms in total. The number of hydrogen-bond acceptors (Lipinski definition) is 6. The van der Waals surface area contributed by atoms with Crippen molar-refractivity contribution in [2.75, 3.05) is 0 Å². The first-order valence-corrected chi connectivity index (χ1v) is 7.66. The van der Waals surface area contributed by atoms with E-state index < -0.39 is 35.9 Å². The summed E-state index contributed by atoms with van der Waals surface area (Å²) in [5.41, 5.74) is -0.305. The van der Waals surface area contributed by atoms with E-state index in [4.69, 9.17) is 9.47 Å². The van der Waals surface area contributed by atoms with Gasteiger partial charge in [0.05, 0.1) is 6.10 Å². The zero-order chi connectivity index (χ0) is 19.2. The van der Waals surface area contributed by atoms with Gasteiger partial charge in [0.25, 0.3) is 0 Å². The topological polar surface area (TPSA) is 113 Å². The molecule has 0 unspecified atom stereocenters. The van der Waals surface area contributed by atoms with Gasteiger partial charge in [0.1, 0.15) is 12.2 Å². The number of nitrogens with zero attached hydrogens (tertiary/aromatic N) is 1. The van der Waals surface area contributed by atoms with E-state index in [0.29, 0.717) is 5.56 Å². The van der Waals surface area contributed by atoms with E-state index in [1.165, 1.54) is 0 Å². The van der Waals surface area contributed by atoms with Crippen molar-refractivity contribution in [1.29, 1.82) is 0 Å². The second-order valence-corrected chi connectivity index (χ2v) is 6.41. The highest BCUT2D eigenvalue weighted by molar-refractivity contribution is 5.93. The Labute approximate surface area is 146 Å². The van der Waals surface area contributed by atoms with Gasteiger partial charge in [0.15, 0.2) is 6.04 Å². The average Bonchev–Trinajstić information content (AvgIpc) is 2.48. The van der Waals surface area contributed by atoms with Crippen molar-refractivity contribution in [2.24, 2.45) is 0 Å². The molecule has 2 amide bonds. The van der Waals surface area contributed by atoms with E-state index in [0.717, 1.165) is 6.92 Å². The van der Waals surface area contributed by atoms with Gasteiger partial charge in [-0.05, 0) is 33.3 Å². The number of imide groups is 1. The Hall–Kier alpha value is -2.61. The summed E-state index contributed by atoms with van der Waals surface area (Å²) in [6.45, 7) is 5.69. The summed E-state index contributed by atoms with van der Waals surface area (Å²) in [5, 5.41) is 19.0. The van der Waals surface area contributed by atoms with Crippen LogP contribution in [0.3, 0.4) is 0 Å². The van der Waals surface area contributed by atoms with Gasteiger partial charge in [-0.2, -0.15) is 4.90 Å². The molecule has 0 aromatic heterocycles. The van der Waals surface area contributed by atoms with Crippen LogP contribution in [0.2, 0.25) is 0 Å². The number of hydrogen-bond donors (Lipinski definition) is 2. The standard InChI is InChI=1S/C17H23NO7/c1-11(19)13(14(20)21)18(16(23)25-17(2,3)4)15(22)24-10-12-8-6-5-7-9-12/h5-9,11,13,19H,10H2,1-4H3,(H,20,21)/t11-,13+/m1/s1. The van der Waals surface area contributed by atoms with Crippen LogP contribution in [0.5, 0.6) is 0 Å². The van der Waals surface area contributed by atoms with Crippen LogP contribution in [0.25, 0.3) is 0 Å². The normalized spacial score (nSPS) is 13.5. The Kier molecular flexibility index (Phi) is 6.93. The number of aliphatic hydroxyl groups is 1. The molecule has 0 heterocycles. The lowest BCUT2D eigenvalue weighted by atomic mass is 10.1. The first-order chi connectivity index (χ1) is 11.5. The molecule has 2 atom stereocenters. The third-order valence-corrected chi connectivity index (χ3v) is 2.98. The van der Waals surface area contributed by atoms with Crippen LogP contribution in [0.1, 0.15) is 33.3 Å². The van der Waals surface area contributed by atoms with Crippen molar-refractivity contribution in [3.05, 3.63) is 35.9 Å². The Balaban J connectivity index is 3.01. The van der Waals surface area contributed by atoms with E-state index in [1.807, 2.05) is 0 Å². The maximum absolute atomic E-state index is 12.3. The lowest BCUT2D eigenvalue weighted by Crippen LogP contribution is -2.55. The third kappa shape index (κ3) is 6.42. The summed E-state index contributed by atoms with van der Waals surface area (Å²) < 4.78 is 10.1.